The molecule has 0 aliphatic heterocycles. The molecule has 0 unspecified atom stereocenters. The largest absolute Gasteiger partial charge is 0.456 e. The summed E-state index contributed by atoms with van der Waals surface area (Å²) in [7, 11) is 0. The number of rotatable bonds is 7. The topological polar surface area (TPSA) is 66.6 Å². The molecule has 15 aliphatic carbocycles. The summed E-state index contributed by atoms with van der Waals surface area (Å²) >= 11 is 0. The van der Waals surface area contributed by atoms with Crippen molar-refractivity contribution in [2.75, 3.05) is 0 Å². The monoisotopic (exact) mass is 1900 g/mol. The van der Waals surface area contributed by atoms with Crippen molar-refractivity contribution in [1.29, 1.82) is 0 Å². The minimum atomic E-state index is 0.106. The summed E-state index contributed by atoms with van der Waals surface area (Å²) in [6.45, 7) is 0. The number of furan rings is 1. The standard InChI is InChI=1S/C53H40N4.C44H33NO.C44H35N/c1-3-11-34(12-4-1)50-54-51(35-13-5-2-6-14-35)56-52(55-50)36-19-21-41(22-20-36)57-47-31-38-16-8-7-15-37(38)30-44(47)42-23-24-46-48(49(42)57)43-17-9-10-18-45(43)53(46)39-26-32-25-33(28-39)29-40(53)27-32;1-2-8-31-27(7-1)13-15-33-34-16-17-38-41(35-10-3-5-11-37(35)44(38)28-20-25-19-26(22-28)23-29(44)21-25)43(34)45(42(31)33)30-14-18-40-36(24-30)32-9-4-6-12-39(32)46-40;1-2-8-29(9-3-1)30-14-17-34(18-15-30)45-42-35-11-5-4-10-31(35)16-19-36(42)37-20-21-40-41(43(37)45)38-12-6-7-13-39(38)44(40)32-23-27-22-28(25-32)26-33(44)24-27/h1-24,30-33,39-40H,25-29H2;1-18,24-26,28-29H,19-23H2;1-21,27-28,32-33H,22-26H2. The zero-order valence-electron chi connectivity index (χ0n) is 82.7. The highest BCUT2D eigenvalue weighted by molar-refractivity contribution is 6.25. The van der Waals surface area contributed by atoms with E-state index in [9.17, 15) is 0 Å². The highest BCUT2D eigenvalue weighted by Crippen LogP contribution is 2.75. The molecule has 12 bridgehead atoms. The van der Waals surface area contributed by atoms with Crippen molar-refractivity contribution in [3.8, 4) is 95.7 Å². The molecule has 12 fully saturated rings. The van der Waals surface area contributed by atoms with E-state index < -0.39 is 0 Å². The van der Waals surface area contributed by atoms with Gasteiger partial charge in [0.05, 0.1) is 33.1 Å². The first-order chi connectivity index (χ1) is 73.3. The average molecular weight is 1900 g/mol. The summed E-state index contributed by atoms with van der Waals surface area (Å²) in [5.41, 5.74) is 37.8. The Labute approximate surface area is 859 Å². The Morgan fingerprint density at radius 2 is 0.507 bits per heavy atom. The second-order valence-corrected chi connectivity index (χ2v) is 46.7. The van der Waals surface area contributed by atoms with Crippen LogP contribution >= 0.6 is 0 Å². The van der Waals surface area contributed by atoms with Gasteiger partial charge in [-0.25, -0.2) is 15.0 Å². The van der Waals surface area contributed by atoms with Gasteiger partial charge >= 0.3 is 0 Å². The van der Waals surface area contributed by atoms with Gasteiger partial charge in [-0.15, -0.1) is 0 Å². The lowest BCUT2D eigenvalue weighted by Gasteiger charge is -2.61. The second-order valence-electron chi connectivity index (χ2n) is 46.7. The van der Waals surface area contributed by atoms with Crippen LogP contribution in [0.15, 0.2) is 405 Å². The number of hydrogen-bond donors (Lipinski definition) is 0. The summed E-state index contributed by atoms with van der Waals surface area (Å²) in [5, 5.41) is 18.1. The number of nitrogens with zero attached hydrogens (tertiary/aromatic N) is 6. The first-order valence-electron chi connectivity index (χ1n) is 55.1. The van der Waals surface area contributed by atoms with Crippen molar-refractivity contribution in [1.82, 2.24) is 28.7 Å². The summed E-state index contributed by atoms with van der Waals surface area (Å²) < 4.78 is 14.1. The maximum absolute atomic E-state index is 6.31. The van der Waals surface area contributed by atoms with E-state index in [0.29, 0.717) is 17.5 Å². The molecular formula is C141H108N6O. The number of benzene rings is 19. The van der Waals surface area contributed by atoms with Gasteiger partial charge in [-0.3, -0.25) is 0 Å². The summed E-state index contributed by atoms with van der Waals surface area (Å²) in [5.74, 6) is 12.0. The summed E-state index contributed by atoms with van der Waals surface area (Å²) in [4.78, 5) is 15.0. The van der Waals surface area contributed by atoms with E-state index in [4.69, 9.17) is 19.4 Å². The molecule has 708 valence electrons. The molecule has 24 aromatic rings. The SMILES string of the molecule is c1ccc(-c2ccc(-n3c4c5c(ccc4c4ccc6ccccc6c43)C3(c4ccccc4-5)C4CC5CC(C4)CC3C5)cc2)cc1.c1ccc(-c2nc(-c3ccccc3)nc(-c3ccc(-n4c5cc6ccccc6cc5c5ccc6c(c54)-c4ccccc4C64C5CC6CC(C5)CC4C6)cc3)n2)cc1.c1ccc2c(c1)-c1c(ccc3c4ccc5ccccc5c4n(-c4ccc5oc6ccccc6c5c4)c13)C21C2CC3CC(C2)CC1C3. The maximum Gasteiger partial charge on any atom is 0.164 e. The Morgan fingerprint density at radius 3 is 0.953 bits per heavy atom. The van der Waals surface area contributed by atoms with Crippen molar-refractivity contribution >= 4 is 120 Å². The fourth-order valence-electron chi connectivity index (χ4n) is 35.2. The molecule has 12 saturated carbocycles. The van der Waals surface area contributed by atoms with Crippen molar-refractivity contribution in [2.24, 2.45) is 71.0 Å². The summed E-state index contributed by atoms with van der Waals surface area (Å²) in [6, 6.07) is 149. The van der Waals surface area contributed by atoms with Gasteiger partial charge in [0.2, 0.25) is 0 Å². The molecule has 19 aromatic carbocycles. The normalized spacial score (nSPS) is 24.7. The Kier molecular flexibility index (Phi) is 17.5. The van der Waals surface area contributed by atoms with E-state index in [1.165, 1.54) is 261 Å². The minimum Gasteiger partial charge on any atom is -0.456 e. The first-order valence-corrected chi connectivity index (χ1v) is 55.1. The Bertz CT molecular complexity index is 9630. The fourth-order valence-corrected chi connectivity index (χ4v) is 35.2. The van der Waals surface area contributed by atoms with Crippen LogP contribution < -0.4 is 0 Å². The fraction of sp³-hybridized carbons (Fsp3) is 0.213. The molecule has 148 heavy (non-hydrogen) atoms. The molecule has 0 atom stereocenters. The third kappa shape index (κ3) is 11.5. The van der Waals surface area contributed by atoms with Gasteiger partial charge in [0.1, 0.15) is 11.2 Å². The van der Waals surface area contributed by atoms with Crippen LogP contribution in [0.1, 0.15) is 130 Å². The van der Waals surface area contributed by atoms with Crippen molar-refractivity contribution in [3.63, 3.8) is 0 Å². The predicted octanol–water partition coefficient (Wildman–Crippen LogP) is 35.7. The van der Waals surface area contributed by atoms with Gasteiger partial charge in [0.15, 0.2) is 17.5 Å². The molecule has 3 spiro atoms. The third-order valence-electron chi connectivity index (χ3n) is 39.9. The van der Waals surface area contributed by atoms with Gasteiger partial charge in [0, 0.05) is 121 Å². The van der Waals surface area contributed by atoms with Crippen LogP contribution in [-0.4, -0.2) is 28.7 Å². The predicted molar refractivity (Wildman–Crippen MR) is 607 cm³/mol. The third-order valence-corrected chi connectivity index (χ3v) is 39.9. The maximum atomic E-state index is 6.31. The molecule has 7 nitrogen and oxygen atoms in total. The Hall–Kier alpha value is -15.8. The highest BCUT2D eigenvalue weighted by atomic mass is 16.3. The van der Waals surface area contributed by atoms with Crippen LogP contribution in [0.5, 0.6) is 0 Å². The van der Waals surface area contributed by atoms with Gasteiger partial charge in [-0.05, 0) is 323 Å². The van der Waals surface area contributed by atoms with Crippen molar-refractivity contribution < 1.29 is 4.42 Å². The number of fused-ring (bicyclic) bond motifs is 29. The smallest absolute Gasteiger partial charge is 0.164 e. The first kappa shape index (κ1) is 83.4. The molecular weight excluding hydrogens is 1790 g/mol. The summed E-state index contributed by atoms with van der Waals surface area (Å²) in [6.07, 6.45) is 21.2. The molecule has 0 N–H and O–H groups in total. The van der Waals surface area contributed by atoms with Gasteiger partial charge in [-0.1, -0.05) is 328 Å². The molecule has 5 aromatic heterocycles. The molecule has 0 saturated heterocycles. The van der Waals surface area contributed by atoms with Crippen LogP contribution in [-0.2, 0) is 16.2 Å². The van der Waals surface area contributed by atoms with Crippen molar-refractivity contribution in [2.45, 2.75) is 113 Å². The van der Waals surface area contributed by atoms with Crippen LogP contribution in [0.25, 0.3) is 215 Å². The second kappa shape index (κ2) is 31.1. The number of hydrogen-bond acceptors (Lipinski definition) is 4. The molecule has 39 rings (SSSR count). The molecule has 7 heteroatoms. The van der Waals surface area contributed by atoms with E-state index in [-0.39, 0.29) is 16.2 Å². The molecule has 15 aliphatic rings. The number of para-hydroxylation sites is 1. The molecule has 0 amide bonds. The Balaban J connectivity index is 0.0000000957. The molecule has 0 radical (unpaired) electrons. The van der Waals surface area contributed by atoms with Crippen LogP contribution in [0.3, 0.4) is 0 Å². The van der Waals surface area contributed by atoms with Gasteiger partial charge in [0.25, 0.3) is 0 Å². The lowest BCUT2D eigenvalue weighted by atomic mass is 9.43. The average Bonchev–Trinajstić information content (AvgIpc) is 1.50. The minimum absolute atomic E-state index is 0.106. The van der Waals surface area contributed by atoms with Gasteiger partial charge in [-0.2, -0.15) is 0 Å². The zero-order valence-corrected chi connectivity index (χ0v) is 82.7. The van der Waals surface area contributed by atoms with Crippen molar-refractivity contribution in [3.05, 3.63) is 434 Å². The van der Waals surface area contributed by atoms with Crippen LogP contribution in [0, 0.1) is 71.0 Å². The van der Waals surface area contributed by atoms with E-state index in [2.05, 4.69) is 378 Å². The lowest BCUT2D eigenvalue weighted by Crippen LogP contribution is -2.55. The number of aromatic nitrogens is 6. The highest BCUT2D eigenvalue weighted by Gasteiger charge is 2.66. The lowest BCUT2D eigenvalue weighted by molar-refractivity contribution is -0.0399. The van der Waals surface area contributed by atoms with E-state index in [0.717, 1.165) is 105 Å². The van der Waals surface area contributed by atoms with Crippen LogP contribution in [0.2, 0.25) is 0 Å². The Morgan fingerprint density at radius 1 is 0.196 bits per heavy atom. The van der Waals surface area contributed by atoms with E-state index in [1.807, 2.05) is 36.4 Å². The quantitative estimate of drug-likeness (QED) is 0.159. The van der Waals surface area contributed by atoms with Gasteiger partial charge < -0.3 is 18.1 Å². The van der Waals surface area contributed by atoms with E-state index >= 15 is 0 Å². The molecule has 5 heterocycles. The van der Waals surface area contributed by atoms with E-state index in [1.54, 1.807) is 33.4 Å². The zero-order chi connectivity index (χ0) is 96.2. The van der Waals surface area contributed by atoms with Crippen LogP contribution in [0.4, 0.5) is 0 Å².